The van der Waals surface area contributed by atoms with Crippen molar-refractivity contribution in [2.24, 2.45) is 0 Å². The Labute approximate surface area is 295 Å². The lowest BCUT2D eigenvalue weighted by Gasteiger charge is -2.18. The number of fused-ring (bicyclic) bond motifs is 3. The average molecular weight is 657 g/mol. The first kappa shape index (κ1) is 34.1. The molecule has 3 N–H and O–H groups in total. The van der Waals surface area contributed by atoms with Crippen molar-refractivity contribution in [3.8, 4) is 39.5 Å². The van der Waals surface area contributed by atoms with E-state index in [9.17, 15) is 15.3 Å². The number of hydrogen-bond acceptors (Lipinski definition) is 3. The lowest BCUT2D eigenvalue weighted by molar-refractivity contribution is 0.469. The van der Waals surface area contributed by atoms with E-state index in [1.807, 2.05) is 62.4 Å². The van der Waals surface area contributed by atoms with E-state index in [1.165, 1.54) is 38.4 Å². The molecule has 0 aromatic heterocycles. The minimum atomic E-state index is 0.136. The minimum absolute atomic E-state index is 0.136. The molecule has 50 heavy (non-hydrogen) atoms. The van der Waals surface area contributed by atoms with Crippen LogP contribution in [0.3, 0.4) is 0 Å². The van der Waals surface area contributed by atoms with Gasteiger partial charge in [-0.3, -0.25) is 0 Å². The Bertz CT molecular complexity index is 2460. The summed E-state index contributed by atoms with van der Waals surface area (Å²) in [5.41, 5.74) is 11.3. The molecule has 250 valence electrons. The van der Waals surface area contributed by atoms with Gasteiger partial charge >= 0.3 is 0 Å². The topological polar surface area (TPSA) is 60.7 Å². The summed E-state index contributed by atoms with van der Waals surface area (Å²) in [6.45, 7) is 16.4. The fourth-order valence-corrected chi connectivity index (χ4v) is 7.19. The zero-order valence-electron chi connectivity index (χ0n) is 29.7. The highest BCUT2D eigenvalue weighted by molar-refractivity contribution is 6.09. The molecule has 0 aliphatic rings. The summed E-state index contributed by atoms with van der Waals surface area (Å²) < 4.78 is 0. The van der Waals surface area contributed by atoms with Gasteiger partial charge in [-0.1, -0.05) is 127 Å². The molecular weight excluding hydrogens is 613 g/mol. The molecule has 7 aromatic carbocycles. The summed E-state index contributed by atoms with van der Waals surface area (Å²) in [6, 6.07) is 32.3. The third-order valence-corrected chi connectivity index (χ3v) is 9.66. The van der Waals surface area contributed by atoms with Gasteiger partial charge < -0.3 is 15.3 Å². The second-order valence-electron chi connectivity index (χ2n) is 13.1. The minimum Gasteiger partial charge on any atom is -0.507 e. The van der Waals surface area contributed by atoms with E-state index in [1.54, 1.807) is 18.2 Å². The maximum absolute atomic E-state index is 10.8. The van der Waals surface area contributed by atoms with Crippen LogP contribution in [-0.2, 0) is 6.42 Å². The first-order valence-corrected chi connectivity index (χ1v) is 17.2. The SMILES string of the molecule is C=Cc1ccc(O)c(-c2c(O)ccc3cc(C)ccc23)c1/C=C\C.CCc1cc2cc(C)ccc2c(-c2c(O)ccc3cc(C)ccc23)c1C. The highest BCUT2D eigenvalue weighted by Crippen LogP contribution is 2.45. The molecule has 0 aliphatic carbocycles. The lowest BCUT2D eigenvalue weighted by Crippen LogP contribution is -1.95. The first-order chi connectivity index (χ1) is 24.1. The highest BCUT2D eigenvalue weighted by Gasteiger charge is 2.19. The van der Waals surface area contributed by atoms with E-state index in [2.05, 4.69) is 82.8 Å². The Kier molecular flexibility index (Phi) is 9.52. The van der Waals surface area contributed by atoms with Crippen molar-refractivity contribution in [2.75, 3.05) is 0 Å². The third kappa shape index (κ3) is 6.23. The molecule has 0 radical (unpaired) electrons. The van der Waals surface area contributed by atoms with Gasteiger partial charge in [-0.25, -0.2) is 0 Å². The smallest absolute Gasteiger partial charge is 0.124 e. The van der Waals surface area contributed by atoms with Gasteiger partial charge in [-0.05, 0) is 119 Å². The molecule has 0 saturated heterocycles. The molecule has 0 heterocycles. The van der Waals surface area contributed by atoms with Crippen molar-refractivity contribution in [1.82, 2.24) is 0 Å². The van der Waals surface area contributed by atoms with Crippen LogP contribution in [0.1, 0.15) is 52.8 Å². The Hall–Kier alpha value is -5.80. The standard InChI is InChI=1S/C25H24O.C22H20O2/c1-5-18-14-20-13-16(3)7-10-22(20)24(17(18)4)25-21-9-6-15(2)12-19(21)8-11-23(25)26;1-4-6-17-15(5-2)8-11-19(23)21(17)22-18-10-7-14(3)13-16(18)9-12-20(22)24/h6-14,26H,5H2,1-4H3;4-13,23-24H,2H2,1,3H3/b;6-4-. The van der Waals surface area contributed by atoms with Crippen LogP contribution >= 0.6 is 0 Å². The molecule has 0 amide bonds. The third-order valence-electron chi connectivity index (χ3n) is 9.66. The van der Waals surface area contributed by atoms with E-state index in [4.69, 9.17) is 0 Å². The Balaban J connectivity index is 0.000000174. The Morgan fingerprint density at radius 3 is 1.50 bits per heavy atom. The molecule has 7 aromatic rings. The molecular formula is C47H44O3. The van der Waals surface area contributed by atoms with E-state index in [0.717, 1.165) is 50.4 Å². The van der Waals surface area contributed by atoms with Crippen LogP contribution in [0.4, 0.5) is 0 Å². The first-order valence-electron chi connectivity index (χ1n) is 17.2. The summed E-state index contributed by atoms with van der Waals surface area (Å²) in [5, 5.41) is 38.6. The Morgan fingerprint density at radius 2 is 1.00 bits per heavy atom. The van der Waals surface area contributed by atoms with E-state index in [0.29, 0.717) is 16.9 Å². The van der Waals surface area contributed by atoms with Crippen LogP contribution in [0, 0.1) is 27.7 Å². The van der Waals surface area contributed by atoms with Crippen molar-refractivity contribution >= 4 is 44.5 Å². The number of rotatable bonds is 5. The number of phenolic OH excluding ortho intramolecular Hbond substituents is 3. The number of hydrogen-bond donors (Lipinski definition) is 3. The molecule has 0 spiro atoms. The van der Waals surface area contributed by atoms with Crippen molar-refractivity contribution in [2.45, 2.75) is 48.0 Å². The van der Waals surface area contributed by atoms with Gasteiger partial charge in [0, 0.05) is 16.7 Å². The number of aromatic hydroxyl groups is 3. The second kappa shape index (κ2) is 14.0. The molecule has 0 aliphatic heterocycles. The lowest BCUT2D eigenvalue weighted by atomic mass is 9.86. The van der Waals surface area contributed by atoms with Crippen molar-refractivity contribution in [3.05, 3.63) is 149 Å². The average Bonchev–Trinajstić information content (AvgIpc) is 3.10. The van der Waals surface area contributed by atoms with E-state index >= 15 is 0 Å². The number of phenols is 3. The molecule has 0 unspecified atom stereocenters. The van der Waals surface area contributed by atoms with Crippen molar-refractivity contribution in [1.29, 1.82) is 0 Å². The number of benzene rings is 7. The molecule has 0 bridgehead atoms. The van der Waals surface area contributed by atoms with Gasteiger partial charge in [0.15, 0.2) is 0 Å². The van der Waals surface area contributed by atoms with Crippen molar-refractivity contribution in [3.63, 3.8) is 0 Å². The largest absolute Gasteiger partial charge is 0.507 e. The summed E-state index contributed by atoms with van der Waals surface area (Å²) in [6.07, 6.45) is 6.58. The van der Waals surface area contributed by atoms with Gasteiger partial charge in [-0.15, -0.1) is 0 Å². The normalized spacial score (nSPS) is 11.3. The highest BCUT2D eigenvalue weighted by atomic mass is 16.3. The molecule has 0 fully saturated rings. The summed E-state index contributed by atoms with van der Waals surface area (Å²) >= 11 is 0. The molecule has 0 saturated carbocycles. The number of aryl methyl sites for hydroxylation is 4. The van der Waals surface area contributed by atoms with Crippen LogP contribution < -0.4 is 0 Å². The predicted octanol–water partition coefficient (Wildman–Crippen LogP) is 12.8. The van der Waals surface area contributed by atoms with Crippen LogP contribution in [0.15, 0.2) is 110 Å². The van der Waals surface area contributed by atoms with Crippen LogP contribution in [-0.4, -0.2) is 15.3 Å². The Morgan fingerprint density at radius 1 is 0.540 bits per heavy atom. The second-order valence-corrected chi connectivity index (χ2v) is 13.1. The summed E-state index contributed by atoms with van der Waals surface area (Å²) in [7, 11) is 0. The molecule has 3 nitrogen and oxygen atoms in total. The van der Waals surface area contributed by atoms with Gasteiger partial charge in [-0.2, -0.15) is 0 Å². The maximum Gasteiger partial charge on any atom is 0.124 e. The fraction of sp³-hybridized carbons (Fsp3) is 0.149. The summed E-state index contributed by atoms with van der Waals surface area (Å²) in [5.74, 6) is 0.630. The fourth-order valence-electron chi connectivity index (χ4n) is 7.19. The van der Waals surface area contributed by atoms with E-state index in [-0.39, 0.29) is 11.5 Å². The van der Waals surface area contributed by atoms with Gasteiger partial charge in [0.05, 0.1) is 0 Å². The molecule has 0 atom stereocenters. The monoisotopic (exact) mass is 656 g/mol. The van der Waals surface area contributed by atoms with Gasteiger partial charge in [0.2, 0.25) is 0 Å². The molecule has 3 heteroatoms. The van der Waals surface area contributed by atoms with Crippen LogP contribution in [0.25, 0.3) is 66.7 Å². The zero-order chi connectivity index (χ0) is 35.7. The maximum atomic E-state index is 10.8. The van der Waals surface area contributed by atoms with Gasteiger partial charge in [0.25, 0.3) is 0 Å². The zero-order valence-corrected chi connectivity index (χ0v) is 29.7. The van der Waals surface area contributed by atoms with Gasteiger partial charge in [0.1, 0.15) is 17.2 Å². The summed E-state index contributed by atoms with van der Waals surface area (Å²) in [4.78, 5) is 0. The van der Waals surface area contributed by atoms with Crippen LogP contribution in [0.5, 0.6) is 17.2 Å². The quantitative estimate of drug-likeness (QED) is 0.173. The predicted molar refractivity (Wildman–Crippen MR) is 214 cm³/mol. The molecule has 7 rings (SSSR count). The van der Waals surface area contributed by atoms with Crippen molar-refractivity contribution < 1.29 is 15.3 Å². The number of allylic oxidation sites excluding steroid dienone is 1. The van der Waals surface area contributed by atoms with E-state index < -0.39 is 0 Å². The van der Waals surface area contributed by atoms with Crippen LogP contribution in [0.2, 0.25) is 0 Å².